The fourth-order valence-electron chi connectivity index (χ4n) is 4.88. The van der Waals surface area contributed by atoms with Crippen molar-refractivity contribution in [3.05, 3.63) is 53.9 Å². The smallest absolute Gasteiger partial charge is 0.155 e. The highest BCUT2D eigenvalue weighted by molar-refractivity contribution is 8.14. The molecule has 1 saturated carbocycles. The first-order valence-corrected chi connectivity index (χ1v) is 13.2. The molecule has 35 heavy (non-hydrogen) atoms. The van der Waals surface area contributed by atoms with Gasteiger partial charge in [0.25, 0.3) is 0 Å². The van der Waals surface area contributed by atoms with E-state index in [0.717, 1.165) is 66.1 Å². The number of anilines is 1. The molecule has 1 unspecified atom stereocenters. The van der Waals surface area contributed by atoms with Crippen LogP contribution < -0.4 is 5.32 Å². The van der Waals surface area contributed by atoms with Crippen molar-refractivity contribution in [1.82, 2.24) is 15.2 Å². The van der Waals surface area contributed by atoms with Crippen LogP contribution in [0.4, 0.5) is 11.6 Å². The van der Waals surface area contributed by atoms with Crippen LogP contribution in [0.15, 0.2) is 52.6 Å². The maximum Gasteiger partial charge on any atom is 0.155 e. The van der Waals surface area contributed by atoms with Crippen LogP contribution in [0.5, 0.6) is 0 Å². The molecule has 184 valence electrons. The Balaban J connectivity index is 1.42. The molecule has 1 aromatic carbocycles. The van der Waals surface area contributed by atoms with E-state index in [4.69, 9.17) is 14.7 Å². The predicted molar refractivity (Wildman–Crippen MR) is 141 cm³/mol. The molecule has 5 rings (SSSR count). The van der Waals surface area contributed by atoms with Gasteiger partial charge in [0, 0.05) is 29.8 Å². The largest absolute Gasteiger partial charge is 0.393 e. The van der Waals surface area contributed by atoms with Crippen LogP contribution in [0.2, 0.25) is 0 Å². The molecule has 0 spiro atoms. The number of methoxy groups -OCH3 is 1. The molecule has 1 aliphatic heterocycles. The average molecular weight is 492 g/mol. The Morgan fingerprint density at radius 2 is 2.00 bits per heavy atom. The zero-order valence-corrected chi connectivity index (χ0v) is 21.1. The lowest BCUT2D eigenvalue weighted by molar-refractivity contribution is 0.126. The van der Waals surface area contributed by atoms with Crippen molar-refractivity contribution in [1.29, 1.82) is 0 Å². The number of pyridine rings is 1. The van der Waals surface area contributed by atoms with Crippen molar-refractivity contribution in [3.8, 4) is 11.1 Å². The first-order valence-electron chi connectivity index (χ1n) is 12.4. The summed E-state index contributed by atoms with van der Waals surface area (Å²) in [5.74, 6) is 2.01. The Labute approximate surface area is 210 Å². The molecule has 2 aromatic heterocycles. The Morgan fingerprint density at radius 1 is 1.14 bits per heavy atom. The van der Waals surface area contributed by atoms with E-state index in [1.165, 1.54) is 10.5 Å². The quantitative estimate of drug-likeness (QED) is 0.388. The van der Waals surface area contributed by atoms with Crippen molar-refractivity contribution in [2.45, 2.75) is 75.0 Å². The number of ether oxygens (including phenoxy) is 1. The summed E-state index contributed by atoms with van der Waals surface area (Å²) in [6.45, 7) is 2.81. The highest BCUT2D eigenvalue weighted by Gasteiger charge is 2.22. The molecule has 3 N–H and O–H groups in total. The fourth-order valence-corrected chi connectivity index (χ4v) is 6.07. The monoisotopic (exact) mass is 491 g/mol. The molecule has 1 fully saturated rings. The third-order valence-corrected chi connectivity index (χ3v) is 7.97. The molecule has 3 heterocycles. The number of fused-ring (bicyclic) bond motifs is 1. The lowest BCUT2D eigenvalue weighted by Crippen LogP contribution is -2.28. The van der Waals surface area contributed by atoms with Gasteiger partial charge >= 0.3 is 0 Å². The van der Waals surface area contributed by atoms with E-state index in [-0.39, 0.29) is 6.10 Å². The molecule has 0 amide bonds. The SMILES string of the molecule is COCc1cc(N=C2CCC(C)c3ccc(-c4cn[nH]c4)cc3S2)nc(NC2CCC(O)CC2)c1. The van der Waals surface area contributed by atoms with E-state index in [9.17, 15) is 5.11 Å². The number of aromatic nitrogens is 3. The minimum atomic E-state index is -0.172. The second kappa shape index (κ2) is 10.9. The Morgan fingerprint density at radius 3 is 2.77 bits per heavy atom. The Kier molecular flexibility index (Phi) is 7.51. The summed E-state index contributed by atoms with van der Waals surface area (Å²) in [5, 5.41) is 21.5. The molecular formula is C27H33N5O2S. The summed E-state index contributed by atoms with van der Waals surface area (Å²) in [6, 6.07) is 11.1. The van der Waals surface area contributed by atoms with Crippen LogP contribution in [0.1, 0.15) is 62.5 Å². The van der Waals surface area contributed by atoms with Gasteiger partial charge in [-0.3, -0.25) is 5.10 Å². The summed E-state index contributed by atoms with van der Waals surface area (Å²) >= 11 is 1.75. The second-order valence-electron chi connectivity index (χ2n) is 9.59. The predicted octanol–water partition coefficient (Wildman–Crippen LogP) is 6.05. The van der Waals surface area contributed by atoms with Gasteiger partial charge in [0.2, 0.25) is 0 Å². The van der Waals surface area contributed by atoms with Crippen LogP contribution in [0.3, 0.4) is 0 Å². The Hall–Kier alpha value is -2.68. The summed E-state index contributed by atoms with van der Waals surface area (Å²) in [7, 11) is 1.71. The van der Waals surface area contributed by atoms with Crippen molar-refractivity contribution in [2.75, 3.05) is 12.4 Å². The highest BCUT2D eigenvalue weighted by Crippen LogP contribution is 2.40. The molecule has 0 radical (unpaired) electrons. The summed E-state index contributed by atoms with van der Waals surface area (Å²) in [6.07, 6.45) is 9.14. The second-order valence-corrected chi connectivity index (χ2v) is 10.7. The van der Waals surface area contributed by atoms with Gasteiger partial charge < -0.3 is 15.2 Å². The molecule has 0 bridgehead atoms. The number of aliphatic imine (C=N–C) groups is 1. The van der Waals surface area contributed by atoms with Gasteiger partial charge in [-0.25, -0.2) is 9.98 Å². The first kappa shape index (κ1) is 24.0. The van der Waals surface area contributed by atoms with E-state index < -0.39 is 0 Å². The van der Waals surface area contributed by atoms with Crippen LogP contribution in [-0.2, 0) is 11.3 Å². The molecule has 1 atom stereocenters. The number of hydrogen-bond acceptors (Lipinski definition) is 7. The normalized spacial score (nSPS) is 23.6. The van der Waals surface area contributed by atoms with E-state index >= 15 is 0 Å². The third-order valence-electron chi connectivity index (χ3n) is 6.87. The number of nitrogens with zero attached hydrogens (tertiary/aromatic N) is 3. The molecule has 2 aliphatic rings. The highest BCUT2D eigenvalue weighted by atomic mass is 32.2. The fraction of sp³-hybridized carbons (Fsp3) is 0.444. The third kappa shape index (κ3) is 5.94. The van der Waals surface area contributed by atoms with Gasteiger partial charge in [-0.1, -0.05) is 30.8 Å². The van der Waals surface area contributed by atoms with Gasteiger partial charge in [0.05, 0.1) is 24.0 Å². The van der Waals surface area contributed by atoms with Gasteiger partial charge in [0.15, 0.2) is 5.82 Å². The number of H-pyrrole nitrogens is 1. The minimum Gasteiger partial charge on any atom is -0.393 e. The average Bonchev–Trinajstić information content (AvgIpc) is 3.34. The molecule has 0 saturated heterocycles. The Bertz CT molecular complexity index is 1170. The van der Waals surface area contributed by atoms with E-state index in [2.05, 4.69) is 40.6 Å². The standard InChI is InChI=1S/C27H33N5O2S/c1-17-3-10-27(35-24-13-19(4-9-23(17)24)20-14-28-29-15-20)32-26-12-18(16-34-2)11-25(31-26)30-21-5-7-22(33)8-6-21/h4,9,11-15,17,21-22,33H,3,5-8,10,16H2,1-2H3,(H,28,29)(H,30,31). The molecule has 7 nitrogen and oxygen atoms in total. The summed E-state index contributed by atoms with van der Waals surface area (Å²) in [5.41, 5.74) is 4.66. The maximum absolute atomic E-state index is 9.83. The zero-order chi connectivity index (χ0) is 24.2. The molecule has 8 heteroatoms. The number of thioether (sulfide) groups is 1. The molecule has 1 aliphatic carbocycles. The molecular weight excluding hydrogens is 458 g/mol. The maximum atomic E-state index is 9.83. The topological polar surface area (TPSA) is 95.4 Å². The van der Waals surface area contributed by atoms with Crippen molar-refractivity contribution in [3.63, 3.8) is 0 Å². The van der Waals surface area contributed by atoms with Crippen molar-refractivity contribution < 1.29 is 9.84 Å². The van der Waals surface area contributed by atoms with Crippen LogP contribution in [-0.4, -0.2) is 44.6 Å². The van der Waals surface area contributed by atoms with Gasteiger partial charge in [-0.05, 0) is 79.3 Å². The number of rotatable bonds is 6. The van der Waals surface area contributed by atoms with Crippen LogP contribution >= 0.6 is 11.8 Å². The minimum absolute atomic E-state index is 0.172. The number of hydrogen-bond donors (Lipinski definition) is 3. The van der Waals surface area contributed by atoms with Gasteiger partial charge in [-0.2, -0.15) is 5.10 Å². The van der Waals surface area contributed by atoms with Gasteiger partial charge in [-0.15, -0.1) is 0 Å². The number of aliphatic hydroxyl groups excluding tert-OH is 1. The zero-order valence-electron chi connectivity index (χ0n) is 20.3. The van der Waals surface area contributed by atoms with Crippen molar-refractivity contribution in [2.24, 2.45) is 4.99 Å². The lowest BCUT2D eigenvalue weighted by Gasteiger charge is -2.26. The van der Waals surface area contributed by atoms with Gasteiger partial charge in [0.1, 0.15) is 5.82 Å². The number of aliphatic hydroxyl groups is 1. The van der Waals surface area contributed by atoms with E-state index in [1.54, 1.807) is 18.9 Å². The van der Waals surface area contributed by atoms with E-state index in [0.29, 0.717) is 24.4 Å². The van der Waals surface area contributed by atoms with Crippen LogP contribution in [0.25, 0.3) is 11.1 Å². The van der Waals surface area contributed by atoms with E-state index in [1.807, 2.05) is 24.5 Å². The number of benzene rings is 1. The van der Waals surface area contributed by atoms with Crippen molar-refractivity contribution >= 4 is 28.4 Å². The lowest BCUT2D eigenvalue weighted by atomic mass is 9.93. The number of nitrogens with one attached hydrogen (secondary N) is 2. The summed E-state index contributed by atoms with van der Waals surface area (Å²) < 4.78 is 5.41. The number of aromatic amines is 1. The molecule has 3 aromatic rings. The van der Waals surface area contributed by atoms with Crippen LogP contribution in [0, 0.1) is 0 Å². The first-order chi connectivity index (χ1) is 17.1. The summed E-state index contributed by atoms with van der Waals surface area (Å²) in [4.78, 5) is 11.1.